The fourth-order valence-corrected chi connectivity index (χ4v) is 5.89. The molecule has 0 aliphatic heterocycles. The number of methoxy groups -OCH3 is 1. The summed E-state index contributed by atoms with van der Waals surface area (Å²) >= 11 is 3.33. The molecule has 39 heavy (non-hydrogen) atoms. The van der Waals surface area contributed by atoms with Gasteiger partial charge in [0.1, 0.15) is 10.6 Å². The molecule has 0 bridgehead atoms. The maximum Gasteiger partial charge on any atom is 0.265 e. The van der Waals surface area contributed by atoms with Gasteiger partial charge in [-0.25, -0.2) is 8.42 Å². The third-order valence-corrected chi connectivity index (χ3v) is 7.94. The van der Waals surface area contributed by atoms with E-state index < -0.39 is 10.0 Å². The molecule has 0 saturated carbocycles. The SMILES string of the molecule is COc1ccc(Br)cc1S(=O)(=O)Nc1cccc(N(CCNC(=O)c2cccc(C)c2)Cc2ccccc2)c1. The van der Waals surface area contributed by atoms with E-state index in [1.165, 1.54) is 13.2 Å². The first-order chi connectivity index (χ1) is 18.7. The van der Waals surface area contributed by atoms with Crippen LogP contribution in [0.15, 0.2) is 106 Å². The van der Waals surface area contributed by atoms with Gasteiger partial charge in [0.2, 0.25) is 0 Å². The molecular formula is C30H30BrN3O4S. The number of anilines is 2. The van der Waals surface area contributed by atoms with Crippen LogP contribution in [-0.2, 0) is 16.6 Å². The molecule has 4 aromatic carbocycles. The highest BCUT2D eigenvalue weighted by Gasteiger charge is 2.21. The Balaban J connectivity index is 1.54. The van der Waals surface area contributed by atoms with Gasteiger partial charge in [-0.15, -0.1) is 0 Å². The van der Waals surface area contributed by atoms with E-state index in [2.05, 4.69) is 30.9 Å². The number of sulfonamides is 1. The second kappa shape index (κ2) is 12.8. The second-order valence-electron chi connectivity index (χ2n) is 8.98. The van der Waals surface area contributed by atoms with E-state index in [-0.39, 0.29) is 16.6 Å². The molecule has 0 aliphatic rings. The van der Waals surface area contributed by atoms with Crippen molar-refractivity contribution in [1.29, 1.82) is 0 Å². The zero-order valence-electron chi connectivity index (χ0n) is 21.7. The first kappa shape index (κ1) is 28.2. The molecule has 0 saturated heterocycles. The van der Waals surface area contributed by atoms with Crippen LogP contribution in [0, 0.1) is 6.92 Å². The minimum atomic E-state index is -3.92. The molecule has 1 amide bonds. The van der Waals surface area contributed by atoms with E-state index >= 15 is 0 Å². The van der Waals surface area contributed by atoms with Crippen LogP contribution < -0.4 is 19.7 Å². The van der Waals surface area contributed by atoms with Gasteiger partial charge in [-0.2, -0.15) is 0 Å². The van der Waals surface area contributed by atoms with E-state index in [0.717, 1.165) is 16.8 Å². The lowest BCUT2D eigenvalue weighted by atomic mass is 10.1. The van der Waals surface area contributed by atoms with E-state index in [4.69, 9.17) is 4.74 Å². The summed E-state index contributed by atoms with van der Waals surface area (Å²) in [6, 6.07) is 29.5. The van der Waals surface area contributed by atoms with Crippen molar-refractivity contribution in [3.63, 3.8) is 0 Å². The van der Waals surface area contributed by atoms with Crippen molar-refractivity contribution in [3.05, 3.63) is 118 Å². The third-order valence-electron chi connectivity index (χ3n) is 6.04. The number of amides is 1. The molecule has 0 atom stereocenters. The third kappa shape index (κ3) is 7.61. The molecule has 0 unspecified atom stereocenters. The Morgan fingerprint density at radius 2 is 1.69 bits per heavy atom. The predicted molar refractivity (Wildman–Crippen MR) is 159 cm³/mol. The van der Waals surface area contributed by atoms with Crippen LogP contribution in [0.2, 0.25) is 0 Å². The fourth-order valence-electron chi connectivity index (χ4n) is 4.13. The highest BCUT2D eigenvalue weighted by Crippen LogP contribution is 2.30. The molecular weight excluding hydrogens is 578 g/mol. The maximum atomic E-state index is 13.2. The number of carbonyl (C=O) groups excluding carboxylic acids is 1. The summed E-state index contributed by atoms with van der Waals surface area (Å²) in [5.41, 5.74) is 3.95. The van der Waals surface area contributed by atoms with E-state index in [0.29, 0.717) is 35.4 Å². The lowest BCUT2D eigenvalue weighted by Gasteiger charge is -2.26. The topological polar surface area (TPSA) is 87.7 Å². The normalized spacial score (nSPS) is 11.1. The largest absolute Gasteiger partial charge is 0.495 e. The zero-order valence-corrected chi connectivity index (χ0v) is 24.1. The number of rotatable bonds is 11. The fraction of sp³-hybridized carbons (Fsp3) is 0.167. The van der Waals surface area contributed by atoms with Crippen LogP contribution in [-0.4, -0.2) is 34.5 Å². The first-order valence-electron chi connectivity index (χ1n) is 12.4. The average molecular weight is 609 g/mol. The molecule has 4 rings (SSSR count). The monoisotopic (exact) mass is 607 g/mol. The maximum absolute atomic E-state index is 13.2. The Bertz CT molecular complexity index is 1550. The number of halogens is 1. The van der Waals surface area contributed by atoms with Gasteiger partial charge in [-0.3, -0.25) is 9.52 Å². The van der Waals surface area contributed by atoms with Gasteiger partial charge in [0, 0.05) is 35.4 Å². The summed E-state index contributed by atoms with van der Waals surface area (Å²) in [6.07, 6.45) is 0. The summed E-state index contributed by atoms with van der Waals surface area (Å²) in [5, 5.41) is 2.99. The van der Waals surface area contributed by atoms with Gasteiger partial charge in [-0.05, 0) is 61.0 Å². The summed E-state index contributed by atoms with van der Waals surface area (Å²) in [7, 11) is -2.49. The molecule has 7 nitrogen and oxygen atoms in total. The quantitative estimate of drug-likeness (QED) is 0.218. The molecule has 202 valence electrons. The lowest BCUT2D eigenvalue weighted by Crippen LogP contribution is -2.34. The number of nitrogens with one attached hydrogen (secondary N) is 2. The standard InChI is InChI=1S/C30H30BrN3O4S/c1-22-8-6-11-24(18-22)30(35)32-16-17-34(21-23-9-4-3-5-10-23)27-13-7-12-26(20-27)33-39(36,37)29-19-25(31)14-15-28(29)38-2/h3-15,18-20,33H,16-17,21H2,1-2H3,(H,32,35). The van der Waals surface area contributed by atoms with E-state index in [1.807, 2.05) is 61.5 Å². The number of carbonyl (C=O) groups is 1. The predicted octanol–water partition coefficient (Wildman–Crippen LogP) is 6.00. The highest BCUT2D eigenvalue weighted by atomic mass is 79.9. The molecule has 0 radical (unpaired) electrons. The van der Waals surface area contributed by atoms with Gasteiger partial charge in [0.05, 0.1) is 12.8 Å². The minimum absolute atomic E-state index is 0.0322. The van der Waals surface area contributed by atoms with Crippen molar-refractivity contribution in [2.45, 2.75) is 18.4 Å². The van der Waals surface area contributed by atoms with Crippen molar-refractivity contribution in [1.82, 2.24) is 5.32 Å². The van der Waals surface area contributed by atoms with Gasteiger partial charge < -0.3 is 15.0 Å². The van der Waals surface area contributed by atoms with Crippen LogP contribution in [0.1, 0.15) is 21.5 Å². The smallest absolute Gasteiger partial charge is 0.265 e. The highest BCUT2D eigenvalue weighted by molar-refractivity contribution is 9.10. The zero-order chi connectivity index (χ0) is 27.8. The molecule has 0 aliphatic carbocycles. The summed E-state index contributed by atoms with van der Waals surface area (Å²) in [5.74, 6) is 0.111. The Kier molecular flexibility index (Phi) is 9.27. The number of hydrogen-bond acceptors (Lipinski definition) is 5. The van der Waals surface area contributed by atoms with E-state index in [1.54, 1.807) is 36.4 Å². The second-order valence-corrected chi connectivity index (χ2v) is 11.6. The molecule has 0 spiro atoms. The Labute approximate surface area is 238 Å². The minimum Gasteiger partial charge on any atom is -0.495 e. The van der Waals surface area contributed by atoms with Crippen LogP contribution in [0.25, 0.3) is 0 Å². The van der Waals surface area contributed by atoms with Gasteiger partial charge in [0.15, 0.2) is 0 Å². The molecule has 0 aromatic heterocycles. The number of benzene rings is 4. The van der Waals surface area contributed by atoms with Crippen molar-refractivity contribution >= 4 is 43.2 Å². The summed E-state index contributed by atoms with van der Waals surface area (Å²) in [4.78, 5) is 14.8. The first-order valence-corrected chi connectivity index (χ1v) is 14.6. The van der Waals surface area contributed by atoms with Crippen molar-refractivity contribution < 1.29 is 17.9 Å². The molecule has 2 N–H and O–H groups in total. The summed E-state index contributed by atoms with van der Waals surface area (Å²) in [6.45, 7) is 3.45. The number of hydrogen-bond donors (Lipinski definition) is 2. The van der Waals surface area contributed by atoms with Gasteiger partial charge in [-0.1, -0.05) is 70.0 Å². The summed E-state index contributed by atoms with van der Waals surface area (Å²) < 4.78 is 35.0. The molecule has 0 heterocycles. The Morgan fingerprint density at radius 3 is 2.44 bits per heavy atom. The van der Waals surface area contributed by atoms with E-state index in [9.17, 15) is 13.2 Å². The molecule has 9 heteroatoms. The lowest BCUT2D eigenvalue weighted by molar-refractivity contribution is 0.0954. The van der Waals surface area contributed by atoms with Crippen molar-refractivity contribution in [2.24, 2.45) is 0 Å². The van der Waals surface area contributed by atoms with Crippen molar-refractivity contribution in [3.8, 4) is 5.75 Å². The van der Waals surface area contributed by atoms with Crippen LogP contribution in [0.5, 0.6) is 5.75 Å². The number of nitrogens with zero attached hydrogens (tertiary/aromatic N) is 1. The van der Waals surface area contributed by atoms with Crippen LogP contribution >= 0.6 is 15.9 Å². The van der Waals surface area contributed by atoms with Crippen molar-refractivity contribution in [2.75, 3.05) is 29.8 Å². The molecule has 4 aromatic rings. The number of ether oxygens (including phenoxy) is 1. The average Bonchev–Trinajstić information content (AvgIpc) is 2.93. The Morgan fingerprint density at radius 1 is 0.923 bits per heavy atom. The van der Waals surface area contributed by atoms with Crippen LogP contribution in [0.3, 0.4) is 0 Å². The number of aryl methyl sites for hydroxylation is 1. The van der Waals surface area contributed by atoms with Crippen LogP contribution in [0.4, 0.5) is 11.4 Å². The van der Waals surface area contributed by atoms with Gasteiger partial charge >= 0.3 is 0 Å². The Hall–Kier alpha value is -3.82. The van der Waals surface area contributed by atoms with Gasteiger partial charge in [0.25, 0.3) is 15.9 Å². The molecule has 0 fully saturated rings.